The Bertz CT molecular complexity index is 378. The summed E-state index contributed by atoms with van der Waals surface area (Å²) in [6.07, 6.45) is 3.56. The molecule has 0 amide bonds. The predicted octanol–water partition coefficient (Wildman–Crippen LogP) is 3.39. The van der Waals surface area contributed by atoms with Crippen molar-refractivity contribution in [2.24, 2.45) is 0 Å². The number of carbonyl (C=O) groups excluding carboxylic acids is 1. The molecule has 0 aliphatic heterocycles. The highest BCUT2D eigenvalue weighted by atomic mass is 79.9. The lowest BCUT2D eigenvalue weighted by atomic mass is 9.93. The number of hydrogen-bond acceptors (Lipinski definition) is 2. The van der Waals surface area contributed by atoms with Gasteiger partial charge in [-0.2, -0.15) is 0 Å². The Hall–Kier alpha value is -0.670. The second kappa shape index (κ2) is 5.78. The minimum Gasteiger partial charge on any atom is -0.300 e. The van der Waals surface area contributed by atoms with E-state index in [1.54, 1.807) is 0 Å². The van der Waals surface area contributed by atoms with Crippen LogP contribution in [0.3, 0.4) is 0 Å². The highest BCUT2D eigenvalue weighted by Gasteiger charge is 2.21. The van der Waals surface area contributed by atoms with E-state index in [9.17, 15) is 4.79 Å². The zero-order chi connectivity index (χ0) is 12.3. The SMILES string of the molecule is CN(Cc1ccc(Br)cc1)C1CCC(=O)CC1. The van der Waals surface area contributed by atoms with Crippen molar-refractivity contribution in [3.05, 3.63) is 34.3 Å². The summed E-state index contributed by atoms with van der Waals surface area (Å²) in [4.78, 5) is 13.6. The average molecular weight is 296 g/mol. The molecule has 3 heteroatoms. The van der Waals surface area contributed by atoms with Gasteiger partial charge < -0.3 is 0 Å². The summed E-state index contributed by atoms with van der Waals surface area (Å²) in [5, 5.41) is 0. The summed E-state index contributed by atoms with van der Waals surface area (Å²) in [5.41, 5.74) is 1.33. The highest BCUT2D eigenvalue weighted by molar-refractivity contribution is 9.10. The van der Waals surface area contributed by atoms with Gasteiger partial charge in [-0.25, -0.2) is 0 Å². The van der Waals surface area contributed by atoms with Gasteiger partial charge >= 0.3 is 0 Å². The predicted molar refractivity (Wildman–Crippen MR) is 72.9 cm³/mol. The maximum absolute atomic E-state index is 11.2. The van der Waals surface area contributed by atoms with E-state index < -0.39 is 0 Å². The molecular weight excluding hydrogens is 278 g/mol. The minimum absolute atomic E-state index is 0.429. The molecule has 0 bridgehead atoms. The van der Waals surface area contributed by atoms with Gasteiger partial charge in [-0.05, 0) is 37.6 Å². The van der Waals surface area contributed by atoms with Crippen LogP contribution in [-0.2, 0) is 11.3 Å². The molecule has 1 aliphatic carbocycles. The number of carbonyl (C=O) groups is 1. The van der Waals surface area contributed by atoms with Crippen LogP contribution in [0.1, 0.15) is 31.2 Å². The maximum Gasteiger partial charge on any atom is 0.133 e. The Morgan fingerprint density at radius 3 is 2.41 bits per heavy atom. The average Bonchev–Trinajstić information content (AvgIpc) is 2.33. The molecule has 92 valence electrons. The van der Waals surface area contributed by atoms with Crippen molar-refractivity contribution in [3.8, 4) is 0 Å². The van der Waals surface area contributed by atoms with Gasteiger partial charge in [0.2, 0.25) is 0 Å². The molecule has 1 saturated carbocycles. The third-order valence-electron chi connectivity index (χ3n) is 3.48. The normalized spacial score (nSPS) is 17.7. The smallest absolute Gasteiger partial charge is 0.133 e. The third-order valence-corrected chi connectivity index (χ3v) is 4.01. The van der Waals surface area contributed by atoms with E-state index in [1.165, 1.54) is 5.56 Å². The Morgan fingerprint density at radius 1 is 1.24 bits per heavy atom. The highest BCUT2D eigenvalue weighted by Crippen LogP contribution is 2.21. The summed E-state index contributed by atoms with van der Waals surface area (Å²) < 4.78 is 1.12. The summed E-state index contributed by atoms with van der Waals surface area (Å²) >= 11 is 3.44. The summed E-state index contributed by atoms with van der Waals surface area (Å²) in [5.74, 6) is 0.429. The van der Waals surface area contributed by atoms with E-state index in [0.29, 0.717) is 11.8 Å². The fourth-order valence-corrected chi connectivity index (χ4v) is 2.64. The van der Waals surface area contributed by atoms with Crippen molar-refractivity contribution < 1.29 is 4.79 Å². The number of Topliss-reactive ketones (excluding diaryl/α,β-unsaturated/α-hetero) is 1. The Balaban J connectivity index is 1.90. The number of nitrogens with zero attached hydrogens (tertiary/aromatic N) is 1. The van der Waals surface area contributed by atoms with Gasteiger partial charge in [0.25, 0.3) is 0 Å². The van der Waals surface area contributed by atoms with Crippen LogP contribution < -0.4 is 0 Å². The van der Waals surface area contributed by atoms with E-state index in [1.807, 2.05) is 0 Å². The van der Waals surface area contributed by atoms with E-state index in [-0.39, 0.29) is 0 Å². The first kappa shape index (κ1) is 12.8. The van der Waals surface area contributed by atoms with Crippen molar-refractivity contribution in [2.75, 3.05) is 7.05 Å². The van der Waals surface area contributed by atoms with E-state index >= 15 is 0 Å². The Morgan fingerprint density at radius 2 is 1.82 bits per heavy atom. The van der Waals surface area contributed by atoms with Crippen LogP contribution in [0.15, 0.2) is 28.7 Å². The molecular formula is C14H18BrNO. The van der Waals surface area contributed by atoms with E-state index in [0.717, 1.165) is 36.7 Å². The van der Waals surface area contributed by atoms with Gasteiger partial charge in [-0.3, -0.25) is 9.69 Å². The van der Waals surface area contributed by atoms with Crippen LogP contribution in [0.25, 0.3) is 0 Å². The van der Waals surface area contributed by atoms with Crippen molar-refractivity contribution in [2.45, 2.75) is 38.3 Å². The van der Waals surface area contributed by atoms with Crippen LogP contribution >= 0.6 is 15.9 Å². The number of benzene rings is 1. The van der Waals surface area contributed by atoms with Crippen LogP contribution in [0.5, 0.6) is 0 Å². The van der Waals surface area contributed by atoms with Crippen molar-refractivity contribution >= 4 is 21.7 Å². The molecule has 0 heterocycles. The van der Waals surface area contributed by atoms with Crippen molar-refractivity contribution in [3.63, 3.8) is 0 Å². The fraction of sp³-hybridized carbons (Fsp3) is 0.500. The second-order valence-corrected chi connectivity index (χ2v) is 5.73. The molecule has 0 N–H and O–H groups in total. The van der Waals surface area contributed by atoms with Crippen LogP contribution in [-0.4, -0.2) is 23.8 Å². The summed E-state index contributed by atoms with van der Waals surface area (Å²) in [6.45, 7) is 0.964. The quantitative estimate of drug-likeness (QED) is 0.852. The minimum atomic E-state index is 0.429. The molecule has 0 saturated heterocycles. The molecule has 1 aromatic rings. The molecule has 17 heavy (non-hydrogen) atoms. The summed E-state index contributed by atoms with van der Waals surface area (Å²) in [7, 11) is 2.16. The zero-order valence-electron chi connectivity index (χ0n) is 10.2. The lowest BCUT2D eigenvalue weighted by Gasteiger charge is -2.30. The number of halogens is 1. The first-order valence-corrected chi connectivity index (χ1v) is 6.91. The molecule has 1 aliphatic rings. The monoisotopic (exact) mass is 295 g/mol. The van der Waals surface area contributed by atoms with E-state index in [4.69, 9.17) is 0 Å². The molecule has 1 aromatic carbocycles. The fourth-order valence-electron chi connectivity index (χ4n) is 2.37. The number of ketones is 1. The van der Waals surface area contributed by atoms with Gasteiger partial charge in [0, 0.05) is 29.9 Å². The van der Waals surface area contributed by atoms with Crippen molar-refractivity contribution in [1.29, 1.82) is 0 Å². The van der Waals surface area contributed by atoms with Crippen LogP contribution in [0.2, 0.25) is 0 Å². The van der Waals surface area contributed by atoms with Gasteiger partial charge in [0.15, 0.2) is 0 Å². The van der Waals surface area contributed by atoms with Crippen LogP contribution in [0, 0.1) is 0 Å². The number of hydrogen-bond donors (Lipinski definition) is 0. The van der Waals surface area contributed by atoms with Gasteiger partial charge in [0.1, 0.15) is 5.78 Å². The number of rotatable bonds is 3. The third kappa shape index (κ3) is 3.65. The van der Waals surface area contributed by atoms with Gasteiger partial charge in [-0.1, -0.05) is 28.1 Å². The first-order chi connectivity index (χ1) is 8.15. The molecule has 0 unspecified atom stereocenters. The van der Waals surface area contributed by atoms with E-state index in [2.05, 4.69) is 52.1 Å². The van der Waals surface area contributed by atoms with Crippen molar-refractivity contribution in [1.82, 2.24) is 4.90 Å². The van der Waals surface area contributed by atoms with Gasteiger partial charge in [-0.15, -0.1) is 0 Å². The molecule has 0 aromatic heterocycles. The lowest BCUT2D eigenvalue weighted by Crippen LogP contribution is -2.34. The largest absolute Gasteiger partial charge is 0.300 e. The molecule has 0 radical (unpaired) electrons. The maximum atomic E-state index is 11.2. The van der Waals surface area contributed by atoms with Gasteiger partial charge in [0.05, 0.1) is 0 Å². The Labute approximate surface area is 111 Å². The molecule has 2 rings (SSSR count). The summed E-state index contributed by atoms with van der Waals surface area (Å²) in [6, 6.07) is 9.01. The molecule has 1 fully saturated rings. The zero-order valence-corrected chi connectivity index (χ0v) is 11.7. The Kier molecular flexibility index (Phi) is 4.35. The molecule has 2 nitrogen and oxygen atoms in total. The standard InChI is InChI=1S/C14H18BrNO/c1-16(13-6-8-14(17)9-7-13)10-11-2-4-12(15)5-3-11/h2-5,13H,6-10H2,1H3. The molecule has 0 spiro atoms. The molecule has 0 atom stereocenters. The second-order valence-electron chi connectivity index (χ2n) is 4.81. The van der Waals surface area contributed by atoms with Crippen LogP contribution in [0.4, 0.5) is 0 Å². The topological polar surface area (TPSA) is 20.3 Å². The first-order valence-electron chi connectivity index (χ1n) is 6.11. The lowest BCUT2D eigenvalue weighted by molar-refractivity contribution is -0.121.